The van der Waals surface area contributed by atoms with E-state index in [1.807, 2.05) is 4.90 Å². The number of hydrogen-bond donors (Lipinski definition) is 1. The predicted octanol–water partition coefficient (Wildman–Crippen LogP) is -0.398. The maximum absolute atomic E-state index is 14.8. The number of aliphatic hydroxyl groups is 1. The lowest BCUT2D eigenvalue weighted by Gasteiger charge is -2.25. The average molecular weight is 403 g/mol. The molecule has 0 saturated carbocycles. The van der Waals surface area contributed by atoms with Crippen molar-refractivity contribution in [2.75, 3.05) is 18.1 Å². The molecule has 2 aliphatic heterocycles. The monoisotopic (exact) mass is 403 g/mol. The minimum absolute atomic E-state index is 0.230. The normalized spacial score (nSPS) is 23.9. The highest BCUT2D eigenvalue weighted by molar-refractivity contribution is 5.72. The first-order valence-corrected chi connectivity index (χ1v) is 9.12. The molecule has 1 amide bonds. The van der Waals surface area contributed by atoms with Gasteiger partial charge in [0.05, 0.1) is 32.3 Å². The van der Waals surface area contributed by atoms with Crippen molar-refractivity contribution < 1.29 is 19.0 Å². The average Bonchev–Trinajstić information content (AvgIpc) is 3.44. The molecule has 2 unspecified atom stereocenters. The van der Waals surface area contributed by atoms with Crippen molar-refractivity contribution >= 4 is 17.7 Å². The SMILES string of the molecule is Cn1nnnc1N1Cc2nn(C3=CCC(N4CC(CO)OC4=O)C=C3F)nc2C1. The summed E-state index contributed by atoms with van der Waals surface area (Å²) >= 11 is 0. The van der Waals surface area contributed by atoms with Crippen molar-refractivity contribution in [1.29, 1.82) is 0 Å². The Labute approximate surface area is 163 Å². The van der Waals surface area contributed by atoms with Gasteiger partial charge in [-0.25, -0.2) is 13.9 Å². The van der Waals surface area contributed by atoms with E-state index in [1.165, 1.54) is 15.8 Å². The lowest BCUT2D eigenvalue weighted by atomic mass is 10.0. The molecule has 0 spiro atoms. The zero-order valence-corrected chi connectivity index (χ0v) is 15.5. The maximum Gasteiger partial charge on any atom is 0.410 e. The van der Waals surface area contributed by atoms with Gasteiger partial charge in [0.25, 0.3) is 0 Å². The molecule has 13 heteroatoms. The Morgan fingerprint density at radius 1 is 1.31 bits per heavy atom. The number of rotatable bonds is 4. The maximum atomic E-state index is 14.8. The molecule has 2 aromatic heterocycles. The Morgan fingerprint density at radius 3 is 2.66 bits per heavy atom. The number of aromatic nitrogens is 7. The van der Waals surface area contributed by atoms with Gasteiger partial charge >= 0.3 is 6.09 Å². The third kappa shape index (κ3) is 2.93. The molecule has 1 fully saturated rings. The van der Waals surface area contributed by atoms with E-state index in [4.69, 9.17) is 9.84 Å². The number of allylic oxidation sites excluding steroid dienone is 2. The first kappa shape index (κ1) is 17.7. The van der Waals surface area contributed by atoms with Crippen LogP contribution in [0.2, 0.25) is 0 Å². The van der Waals surface area contributed by atoms with Crippen molar-refractivity contribution in [3.63, 3.8) is 0 Å². The Morgan fingerprint density at radius 2 is 2.07 bits per heavy atom. The molecule has 1 N–H and O–H groups in total. The first-order chi connectivity index (χ1) is 14.0. The van der Waals surface area contributed by atoms with E-state index >= 15 is 0 Å². The van der Waals surface area contributed by atoms with Crippen LogP contribution < -0.4 is 4.90 Å². The molecule has 152 valence electrons. The molecule has 0 radical (unpaired) electrons. The molecular formula is C16H18FN9O3. The quantitative estimate of drug-likeness (QED) is 0.725. The molecule has 12 nitrogen and oxygen atoms in total. The number of tetrazole rings is 1. The van der Waals surface area contributed by atoms with Crippen LogP contribution in [-0.2, 0) is 24.9 Å². The van der Waals surface area contributed by atoms with Crippen LogP contribution in [0.25, 0.3) is 5.70 Å². The van der Waals surface area contributed by atoms with E-state index < -0.39 is 24.1 Å². The summed E-state index contributed by atoms with van der Waals surface area (Å²) in [6.45, 7) is 0.931. The highest BCUT2D eigenvalue weighted by Crippen LogP contribution is 2.30. The fraction of sp³-hybridized carbons (Fsp3) is 0.500. The Kier molecular flexibility index (Phi) is 4.04. The van der Waals surface area contributed by atoms with Gasteiger partial charge < -0.3 is 14.7 Å². The van der Waals surface area contributed by atoms with Gasteiger partial charge in [0.15, 0.2) is 0 Å². The number of hydrogen-bond acceptors (Lipinski definition) is 9. The molecule has 3 aliphatic rings. The standard InChI is InChI=1S/C16H18FN9O3/c1-23-15(18-21-22-23)24-6-12-13(7-24)20-26(19-12)14-3-2-9(4-11(14)17)25-5-10(8-27)29-16(25)28/h3-4,9-10,27H,2,5-8H2,1H3. The fourth-order valence-electron chi connectivity index (χ4n) is 3.73. The van der Waals surface area contributed by atoms with E-state index in [9.17, 15) is 9.18 Å². The van der Waals surface area contributed by atoms with Crippen molar-refractivity contribution in [2.24, 2.45) is 7.05 Å². The van der Waals surface area contributed by atoms with Crippen LogP contribution in [0.3, 0.4) is 0 Å². The molecule has 1 aliphatic carbocycles. The van der Waals surface area contributed by atoms with E-state index in [0.29, 0.717) is 25.5 Å². The number of anilines is 1. The molecule has 4 heterocycles. The van der Waals surface area contributed by atoms with Crippen LogP contribution in [0.4, 0.5) is 15.1 Å². The molecule has 1 saturated heterocycles. The number of halogens is 1. The second-order valence-corrected chi connectivity index (χ2v) is 7.09. The van der Waals surface area contributed by atoms with E-state index in [1.54, 1.807) is 17.8 Å². The van der Waals surface area contributed by atoms with Crippen LogP contribution in [0.1, 0.15) is 17.8 Å². The molecule has 0 aromatic carbocycles. The van der Waals surface area contributed by atoms with Crippen molar-refractivity contribution in [1.82, 2.24) is 40.1 Å². The van der Waals surface area contributed by atoms with Gasteiger partial charge in [-0.05, 0) is 22.9 Å². The zero-order valence-electron chi connectivity index (χ0n) is 15.5. The van der Waals surface area contributed by atoms with Gasteiger partial charge in [-0.1, -0.05) is 11.2 Å². The second-order valence-electron chi connectivity index (χ2n) is 7.09. The summed E-state index contributed by atoms with van der Waals surface area (Å²) in [4.78, 5) is 16.6. The zero-order chi connectivity index (χ0) is 20.1. The summed E-state index contributed by atoms with van der Waals surface area (Å²) in [5, 5.41) is 29.4. The second kappa shape index (κ2) is 6.62. The Balaban J connectivity index is 1.30. The number of amides is 1. The van der Waals surface area contributed by atoms with Gasteiger partial charge in [-0.2, -0.15) is 10.2 Å². The van der Waals surface area contributed by atoms with Gasteiger partial charge in [-0.15, -0.1) is 4.80 Å². The number of fused-ring (bicyclic) bond motifs is 1. The summed E-state index contributed by atoms with van der Waals surface area (Å²) < 4.78 is 21.4. The Hall–Kier alpha value is -3.35. The molecule has 29 heavy (non-hydrogen) atoms. The smallest absolute Gasteiger partial charge is 0.410 e. The summed E-state index contributed by atoms with van der Waals surface area (Å²) in [5.41, 5.74) is 1.71. The number of ether oxygens (including phenoxy) is 1. The highest BCUT2D eigenvalue weighted by atomic mass is 19.1. The number of nitrogens with zero attached hydrogens (tertiary/aromatic N) is 9. The van der Waals surface area contributed by atoms with Gasteiger partial charge in [0, 0.05) is 7.05 Å². The number of aliphatic hydroxyl groups excluding tert-OH is 1. The lowest BCUT2D eigenvalue weighted by Crippen LogP contribution is -2.36. The third-order valence-electron chi connectivity index (χ3n) is 5.18. The van der Waals surface area contributed by atoms with Crippen LogP contribution in [0, 0.1) is 0 Å². The van der Waals surface area contributed by atoms with Crippen molar-refractivity contribution in [3.8, 4) is 0 Å². The van der Waals surface area contributed by atoms with E-state index in [2.05, 4.69) is 25.7 Å². The van der Waals surface area contributed by atoms with E-state index in [-0.39, 0.29) is 18.8 Å². The van der Waals surface area contributed by atoms with Crippen LogP contribution in [0.5, 0.6) is 0 Å². The van der Waals surface area contributed by atoms with E-state index in [0.717, 1.165) is 11.4 Å². The largest absolute Gasteiger partial charge is 0.442 e. The predicted molar refractivity (Wildman–Crippen MR) is 94.6 cm³/mol. The molecule has 2 atom stereocenters. The number of aryl methyl sites for hydroxylation is 1. The molecular weight excluding hydrogens is 385 g/mol. The number of cyclic esters (lactones) is 1. The lowest BCUT2D eigenvalue weighted by molar-refractivity contribution is 0.0944. The fourth-order valence-corrected chi connectivity index (χ4v) is 3.73. The van der Waals surface area contributed by atoms with Gasteiger partial charge in [0.2, 0.25) is 5.95 Å². The van der Waals surface area contributed by atoms with Crippen molar-refractivity contribution in [3.05, 3.63) is 29.4 Å². The molecule has 2 aromatic rings. The number of carbonyl (C=O) groups is 1. The van der Waals surface area contributed by atoms with Crippen LogP contribution >= 0.6 is 0 Å². The van der Waals surface area contributed by atoms with Gasteiger partial charge in [0.1, 0.15) is 29.0 Å². The van der Waals surface area contributed by atoms with Crippen LogP contribution in [-0.4, -0.2) is 76.6 Å². The van der Waals surface area contributed by atoms with Crippen molar-refractivity contribution in [2.45, 2.75) is 31.7 Å². The Bertz CT molecular complexity index is 1010. The minimum Gasteiger partial charge on any atom is -0.442 e. The first-order valence-electron chi connectivity index (χ1n) is 9.12. The third-order valence-corrected chi connectivity index (χ3v) is 5.18. The highest BCUT2D eigenvalue weighted by Gasteiger charge is 2.36. The topological polar surface area (TPSA) is 127 Å². The van der Waals surface area contributed by atoms with Crippen LogP contribution in [0.15, 0.2) is 18.0 Å². The number of carbonyl (C=O) groups excluding carboxylic acids is 1. The molecule has 0 bridgehead atoms. The minimum atomic E-state index is -0.577. The van der Waals surface area contributed by atoms with Gasteiger partial charge in [-0.3, -0.25) is 4.90 Å². The summed E-state index contributed by atoms with van der Waals surface area (Å²) in [6.07, 6.45) is 2.30. The summed E-state index contributed by atoms with van der Waals surface area (Å²) in [6, 6.07) is -0.468. The summed E-state index contributed by atoms with van der Waals surface area (Å²) in [5.74, 6) is 0.102. The molecule has 5 rings (SSSR count). The summed E-state index contributed by atoms with van der Waals surface area (Å²) in [7, 11) is 1.75.